The van der Waals surface area contributed by atoms with Gasteiger partial charge in [-0.05, 0) is 24.0 Å². The summed E-state index contributed by atoms with van der Waals surface area (Å²) in [5.41, 5.74) is 1.23. The van der Waals surface area contributed by atoms with Gasteiger partial charge >= 0.3 is 0 Å². The Morgan fingerprint density at radius 2 is 2.05 bits per heavy atom. The van der Waals surface area contributed by atoms with Gasteiger partial charge in [0.15, 0.2) is 8.68 Å². The van der Waals surface area contributed by atoms with Crippen LogP contribution in [0.5, 0.6) is 0 Å². The molecule has 108 valence electrons. The number of aromatic nitrogens is 2. The van der Waals surface area contributed by atoms with E-state index in [0.29, 0.717) is 6.04 Å². The summed E-state index contributed by atoms with van der Waals surface area (Å²) in [5, 5.41) is 12.5. The Morgan fingerprint density at radius 3 is 2.70 bits per heavy atom. The summed E-state index contributed by atoms with van der Waals surface area (Å²) in [7, 11) is 0. The molecule has 2 rings (SSSR count). The molecule has 0 aliphatic rings. The first kappa shape index (κ1) is 16.1. The number of rotatable bonds is 6. The first-order chi connectivity index (χ1) is 9.58. The van der Waals surface area contributed by atoms with Crippen LogP contribution in [0.15, 0.2) is 31.8 Å². The molecule has 0 amide bonds. The third-order valence-corrected chi connectivity index (χ3v) is 5.77. The van der Waals surface area contributed by atoms with Gasteiger partial charge in [0.2, 0.25) is 0 Å². The summed E-state index contributed by atoms with van der Waals surface area (Å²) in [4.78, 5) is 1.13. The summed E-state index contributed by atoms with van der Waals surface area (Å²) in [6, 6.07) is 6.43. The van der Waals surface area contributed by atoms with Crippen molar-refractivity contribution in [1.82, 2.24) is 15.5 Å². The number of hydrogen-bond acceptors (Lipinski definition) is 6. The maximum Gasteiger partial charge on any atom is 0.179 e. The predicted octanol–water partition coefficient (Wildman–Crippen LogP) is 4.56. The van der Waals surface area contributed by atoms with Crippen molar-refractivity contribution < 1.29 is 0 Å². The predicted molar refractivity (Wildman–Crippen MR) is 89.2 cm³/mol. The molecule has 7 heteroatoms. The van der Waals surface area contributed by atoms with Crippen molar-refractivity contribution in [2.45, 2.75) is 40.0 Å². The molecular weight excluding hydrogens is 330 g/mol. The fraction of sp³-hybridized carbons (Fsp3) is 0.385. The van der Waals surface area contributed by atoms with Crippen molar-refractivity contribution in [1.29, 1.82) is 0 Å². The highest BCUT2D eigenvalue weighted by molar-refractivity contribution is 8.03. The lowest BCUT2D eigenvalue weighted by molar-refractivity contribution is 0.585. The molecular formula is C13H16ClN3S3. The summed E-state index contributed by atoms with van der Waals surface area (Å²) < 4.78 is 1.93. The van der Waals surface area contributed by atoms with Crippen LogP contribution in [0.3, 0.4) is 0 Å². The minimum absolute atomic E-state index is 0.452. The van der Waals surface area contributed by atoms with Gasteiger partial charge in [-0.2, -0.15) is 0 Å². The van der Waals surface area contributed by atoms with Crippen LogP contribution in [-0.2, 0) is 6.54 Å². The lowest BCUT2D eigenvalue weighted by atomic mass is 10.2. The Balaban J connectivity index is 2.17. The molecule has 1 N–H and O–H groups in total. The van der Waals surface area contributed by atoms with E-state index in [0.717, 1.165) is 25.1 Å². The van der Waals surface area contributed by atoms with Crippen molar-refractivity contribution in [2.75, 3.05) is 6.26 Å². The SMILES string of the molecule is CSc1nnc(Sc2cc(Cl)ccc2CNC(C)C)s1. The zero-order valence-corrected chi connectivity index (χ0v) is 14.7. The van der Waals surface area contributed by atoms with Crippen molar-refractivity contribution in [3.8, 4) is 0 Å². The van der Waals surface area contributed by atoms with E-state index in [1.165, 1.54) is 5.56 Å². The highest BCUT2D eigenvalue weighted by atomic mass is 35.5. The standard InChI is InChI=1S/C13H16ClN3S3/c1-8(2)15-7-9-4-5-10(14)6-11(9)19-13-17-16-12(18-3)20-13/h4-6,8,15H,7H2,1-3H3. The topological polar surface area (TPSA) is 37.8 Å². The molecule has 20 heavy (non-hydrogen) atoms. The van der Waals surface area contributed by atoms with Gasteiger partial charge in [0.25, 0.3) is 0 Å². The van der Waals surface area contributed by atoms with E-state index in [2.05, 4.69) is 35.4 Å². The number of benzene rings is 1. The van der Waals surface area contributed by atoms with Crippen molar-refractivity contribution in [2.24, 2.45) is 0 Å². The second-order valence-corrected chi connectivity index (χ2v) is 8.18. The molecule has 1 aromatic carbocycles. The van der Waals surface area contributed by atoms with E-state index >= 15 is 0 Å². The zero-order valence-electron chi connectivity index (χ0n) is 11.5. The first-order valence-electron chi connectivity index (χ1n) is 6.15. The molecule has 0 saturated carbocycles. The lowest BCUT2D eigenvalue weighted by Crippen LogP contribution is -2.22. The van der Waals surface area contributed by atoms with Crippen LogP contribution < -0.4 is 5.32 Å². The van der Waals surface area contributed by atoms with E-state index in [-0.39, 0.29) is 0 Å². The van der Waals surface area contributed by atoms with Crippen molar-refractivity contribution in [3.05, 3.63) is 28.8 Å². The summed E-state index contributed by atoms with van der Waals surface area (Å²) >= 11 is 11.0. The van der Waals surface area contributed by atoms with Gasteiger partial charge < -0.3 is 5.32 Å². The second-order valence-electron chi connectivity index (χ2n) is 4.43. The minimum Gasteiger partial charge on any atom is -0.310 e. The maximum absolute atomic E-state index is 6.11. The largest absolute Gasteiger partial charge is 0.310 e. The van der Waals surface area contributed by atoms with E-state index in [9.17, 15) is 0 Å². The maximum atomic E-state index is 6.11. The molecule has 0 unspecified atom stereocenters. The molecule has 0 bridgehead atoms. The molecule has 1 aromatic heterocycles. The van der Waals surface area contributed by atoms with Crippen molar-refractivity contribution in [3.63, 3.8) is 0 Å². The highest BCUT2D eigenvalue weighted by Crippen LogP contribution is 2.35. The van der Waals surface area contributed by atoms with Gasteiger partial charge in [-0.3, -0.25) is 0 Å². The molecule has 0 aliphatic heterocycles. The highest BCUT2D eigenvalue weighted by Gasteiger charge is 2.10. The number of nitrogens with one attached hydrogen (secondary N) is 1. The van der Waals surface area contributed by atoms with Gasteiger partial charge in [-0.15, -0.1) is 10.2 Å². The third kappa shape index (κ3) is 4.63. The normalized spacial score (nSPS) is 11.2. The molecule has 0 radical (unpaired) electrons. The van der Waals surface area contributed by atoms with E-state index in [4.69, 9.17) is 11.6 Å². The molecule has 0 atom stereocenters. The van der Waals surface area contributed by atoms with Gasteiger partial charge in [-0.25, -0.2) is 0 Å². The Hall–Kier alpha value is -0.270. The van der Waals surface area contributed by atoms with Crippen molar-refractivity contribution >= 4 is 46.5 Å². The van der Waals surface area contributed by atoms with Crippen LogP contribution in [0.25, 0.3) is 0 Å². The lowest BCUT2D eigenvalue weighted by Gasteiger charge is -2.11. The van der Waals surface area contributed by atoms with Crippen LogP contribution in [0.1, 0.15) is 19.4 Å². The van der Waals surface area contributed by atoms with E-state index < -0.39 is 0 Å². The molecule has 0 fully saturated rings. The van der Waals surface area contributed by atoms with Crippen LogP contribution in [-0.4, -0.2) is 22.5 Å². The van der Waals surface area contributed by atoms with Gasteiger partial charge in [-0.1, -0.05) is 66.4 Å². The Kier molecular flexibility index (Phi) is 6.17. The number of nitrogens with zero attached hydrogens (tertiary/aromatic N) is 2. The summed E-state index contributed by atoms with van der Waals surface area (Å²) in [5.74, 6) is 0. The molecule has 1 heterocycles. The average molecular weight is 346 g/mol. The van der Waals surface area contributed by atoms with Crippen LogP contribution >= 0.6 is 46.5 Å². The Morgan fingerprint density at radius 1 is 1.30 bits per heavy atom. The smallest absolute Gasteiger partial charge is 0.179 e. The van der Waals surface area contributed by atoms with Gasteiger partial charge in [0.1, 0.15) is 0 Å². The second kappa shape index (κ2) is 7.66. The number of thioether (sulfide) groups is 1. The van der Waals surface area contributed by atoms with E-state index in [1.807, 2.05) is 18.4 Å². The molecule has 0 spiro atoms. The monoisotopic (exact) mass is 345 g/mol. The summed E-state index contributed by atoms with van der Waals surface area (Å²) in [6.07, 6.45) is 2.01. The Bertz CT molecular complexity index is 572. The molecule has 0 aliphatic carbocycles. The minimum atomic E-state index is 0.452. The van der Waals surface area contributed by atoms with Gasteiger partial charge in [0.05, 0.1) is 0 Å². The van der Waals surface area contributed by atoms with Crippen LogP contribution in [0.4, 0.5) is 0 Å². The molecule has 3 nitrogen and oxygen atoms in total. The number of hydrogen-bond donors (Lipinski definition) is 1. The molecule has 0 saturated heterocycles. The van der Waals surface area contributed by atoms with E-state index in [1.54, 1.807) is 34.9 Å². The zero-order chi connectivity index (χ0) is 14.5. The van der Waals surface area contributed by atoms with Crippen LogP contribution in [0.2, 0.25) is 5.02 Å². The fourth-order valence-electron chi connectivity index (χ4n) is 1.50. The fourth-order valence-corrected chi connectivity index (χ4v) is 4.30. The number of halogens is 1. The third-order valence-electron chi connectivity index (χ3n) is 2.49. The van der Waals surface area contributed by atoms with Crippen LogP contribution in [0, 0.1) is 0 Å². The van der Waals surface area contributed by atoms with Gasteiger partial charge in [0, 0.05) is 22.5 Å². The average Bonchev–Trinajstić information content (AvgIpc) is 2.85. The first-order valence-corrected chi connectivity index (χ1v) is 9.39. The summed E-state index contributed by atoms with van der Waals surface area (Å²) in [6.45, 7) is 5.10. The molecule has 2 aromatic rings. The quantitative estimate of drug-likeness (QED) is 0.777. The Labute approximate surface area is 136 Å².